The quantitative estimate of drug-likeness (QED) is 0.623. The van der Waals surface area contributed by atoms with Crippen LogP contribution in [0.2, 0.25) is 0 Å². The molecule has 0 aliphatic rings. The van der Waals surface area contributed by atoms with Crippen LogP contribution in [0.4, 0.5) is 24.5 Å². The Bertz CT molecular complexity index is 849. The third-order valence-corrected chi connectivity index (χ3v) is 4.00. The van der Waals surface area contributed by atoms with Gasteiger partial charge in [-0.2, -0.15) is 13.2 Å². The van der Waals surface area contributed by atoms with Crippen molar-refractivity contribution >= 4 is 17.3 Å². The molecular weight excluding hydrogens is 363 g/mol. The lowest BCUT2D eigenvalue weighted by molar-refractivity contribution is -0.384. The van der Waals surface area contributed by atoms with E-state index in [-0.39, 0.29) is 11.3 Å². The number of amides is 1. The van der Waals surface area contributed by atoms with Crippen molar-refractivity contribution in [3.63, 3.8) is 0 Å². The van der Waals surface area contributed by atoms with E-state index in [1.165, 1.54) is 30.3 Å². The second-order valence-electron chi connectivity index (χ2n) is 6.17. The zero-order chi connectivity index (χ0) is 20.4. The standard InChI is InChI=1S/C18H18F3N3O3/c1-11(12-4-7-14(8-5-12)18(19,20)21)22-17(25)13-6-9-15(23(2)3)16(10-13)24(26)27/h4-11H,1-3H3,(H,22,25). The molecule has 0 heterocycles. The highest BCUT2D eigenvalue weighted by atomic mass is 19.4. The van der Waals surface area contributed by atoms with Crippen molar-refractivity contribution in [3.8, 4) is 0 Å². The molecule has 0 fully saturated rings. The molecule has 0 spiro atoms. The van der Waals surface area contributed by atoms with E-state index in [4.69, 9.17) is 0 Å². The highest BCUT2D eigenvalue weighted by Gasteiger charge is 2.30. The molecule has 1 N–H and O–H groups in total. The zero-order valence-electron chi connectivity index (χ0n) is 14.9. The molecule has 0 aliphatic carbocycles. The molecule has 0 bridgehead atoms. The van der Waals surface area contributed by atoms with Gasteiger partial charge in [0.05, 0.1) is 16.5 Å². The Kier molecular flexibility index (Phi) is 5.72. The summed E-state index contributed by atoms with van der Waals surface area (Å²) in [7, 11) is 3.30. The van der Waals surface area contributed by atoms with Gasteiger partial charge < -0.3 is 10.2 Å². The van der Waals surface area contributed by atoms with Crippen molar-refractivity contribution in [2.45, 2.75) is 19.1 Å². The van der Waals surface area contributed by atoms with Crippen LogP contribution in [-0.4, -0.2) is 24.9 Å². The van der Waals surface area contributed by atoms with Crippen LogP contribution in [0, 0.1) is 10.1 Å². The predicted octanol–water partition coefficient (Wildman–Crippen LogP) is 4.17. The fraction of sp³-hybridized carbons (Fsp3) is 0.278. The summed E-state index contributed by atoms with van der Waals surface area (Å²) < 4.78 is 37.8. The van der Waals surface area contributed by atoms with Crippen LogP contribution in [0.3, 0.4) is 0 Å². The Morgan fingerprint density at radius 1 is 1.15 bits per heavy atom. The molecule has 27 heavy (non-hydrogen) atoms. The molecule has 0 radical (unpaired) electrons. The lowest BCUT2D eigenvalue weighted by atomic mass is 10.0. The van der Waals surface area contributed by atoms with E-state index < -0.39 is 28.6 Å². The van der Waals surface area contributed by atoms with Gasteiger partial charge in [0.2, 0.25) is 0 Å². The van der Waals surface area contributed by atoms with Crippen LogP contribution in [-0.2, 0) is 6.18 Å². The highest BCUT2D eigenvalue weighted by molar-refractivity contribution is 5.96. The van der Waals surface area contributed by atoms with Gasteiger partial charge >= 0.3 is 6.18 Å². The summed E-state index contributed by atoms with van der Waals surface area (Å²) in [5, 5.41) is 13.8. The van der Waals surface area contributed by atoms with Crippen LogP contribution in [0.1, 0.15) is 34.5 Å². The average Bonchev–Trinajstić information content (AvgIpc) is 2.60. The number of nitro benzene ring substituents is 1. The minimum Gasteiger partial charge on any atom is -0.372 e. The second kappa shape index (κ2) is 7.65. The van der Waals surface area contributed by atoms with Gasteiger partial charge in [-0.25, -0.2) is 0 Å². The molecule has 2 rings (SSSR count). The maximum Gasteiger partial charge on any atom is 0.416 e. The Morgan fingerprint density at radius 3 is 2.22 bits per heavy atom. The summed E-state index contributed by atoms with van der Waals surface area (Å²) in [5.41, 5.74) is -0.0660. The first kappa shape index (κ1) is 20.2. The number of nitro groups is 1. The predicted molar refractivity (Wildman–Crippen MR) is 94.7 cm³/mol. The van der Waals surface area contributed by atoms with E-state index in [1.807, 2.05) is 0 Å². The minimum atomic E-state index is -4.43. The number of rotatable bonds is 5. The first-order chi connectivity index (χ1) is 12.5. The van der Waals surface area contributed by atoms with Crippen molar-refractivity contribution in [1.82, 2.24) is 5.32 Å². The first-order valence-corrected chi connectivity index (χ1v) is 7.94. The number of hydrogen-bond donors (Lipinski definition) is 1. The van der Waals surface area contributed by atoms with Crippen molar-refractivity contribution in [3.05, 3.63) is 69.3 Å². The molecule has 1 atom stereocenters. The lowest BCUT2D eigenvalue weighted by Gasteiger charge is -2.17. The highest BCUT2D eigenvalue weighted by Crippen LogP contribution is 2.30. The fourth-order valence-electron chi connectivity index (χ4n) is 2.51. The minimum absolute atomic E-state index is 0.0889. The summed E-state index contributed by atoms with van der Waals surface area (Å²) in [5.74, 6) is -0.559. The van der Waals surface area contributed by atoms with E-state index in [9.17, 15) is 28.1 Å². The molecule has 0 saturated heterocycles. The molecule has 6 nitrogen and oxygen atoms in total. The van der Waals surface area contributed by atoms with Crippen LogP contribution >= 0.6 is 0 Å². The average molecular weight is 381 g/mol. The van der Waals surface area contributed by atoms with Gasteiger partial charge in [-0.3, -0.25) is 14.9 Å². The van der Waals surface area contributed by atoms with Crippen LogP contribution in [0.25, 0.3) is 0 Å². The number of nitrogens with zero attached hydrogens (tertiary/aromatic N) is 2. The molecule has 0 aromatic heterocycles. The van der Waals surface area contributed by atoms with Gasteiger partial charge in [-0.15, -0.1) is 0 Å². The monoisotopic (exact) mass is 381 g/mol. The van der Waals surface area contributed by atoms with Crippen molar-refractivity contribution in [2.24, 2.45) is 0 Å². The second-order valence-corrected chi connectivity index (χ2v) is 6.17. The van der Waals surface area contributed by atoms with E-state index in [0.717, 1.165) is 12.1 Å². The van der Waals surface area contributed by atoms with Crippen molar-refractivity contribution < 1.29 is 22.9 Å². The van der Waals surface area contributed by atoms with Gasteiger partial charge in [0, 0.05) is 25.7 Å². The largest absolute Gasteiger partial charge is 0.416 e. The smallest absolute Gasteiger partial charge is 0.372 e. The van der Waals surface area contributed by atoms with Crippen molar-refractivity contribution in [1.29, 1.82) is 0 Å². The maximum atomic E-state index is 12.6. The summed E-state index contributed by atoms with van der Waals surface area (Å²) >= 11 is 0. The summed E-state index contributed by atoms with van der Waals surface area (Å²) in [6.45, 7) is 1.61. The van der Waals surface area contributed by atoms with E-state index in [2.05, 4.69) is 5.32 Å². The SMILES string of the molecule is CC(NC(=O)c1ccc(N(C)C)c([N+](=O)[O-])c1)c1ccc(C(F)(F)F)cc1. The van der Waals surface area contributed by atoms with Crippen LogP contribution in [0.15, 0.2) is 42.5 Å². The number of anilines is 1. The molecule has 2 aromatic rings. The van der Waals surface area contributed by atoms with Gasteiger partial charge in [-0.1, -0.05) is 12.1 Å². The molecule has 2 aromatic carbocycles. The van der Waals surface area contributed by atoms with Crippen LogP contribution < -0.4 is 10.2 Å². The Labute approximate surface area is 153 Å². The maximum absolute atomic E-state index is 12.6. The number of carbonyl (C=O) groups excluding carboxylic acids is 1. The summed E-state index contributed by atoms with van der Waals surface area (Å²) in [6, 6.07) is 7.96. The van der Waals surface area contributed by atoms with Gasteiger partial charge in [-0.05, 0) is 36.8 Å². The summed E-state index contributed by atoms with van der Waals surface area (Å²) in [4.78, 5) is 24.6. The fourth-order valence-corrected chi connectivity index (χ4v) is 2.51. The molecular formula is C18H18F3N3O3. The summed E-state index contributed by atoms with van der Waals surface area (Å²) in [6.07, 6.45) is -4.43. The third kappa shape index (κ3) is 4.75. The van der Waals surface area contributed by atoms with Gasteiger partial charge in [0.25, 0.3) is 11.6 Å². The molecule has 144 valence electrons. The number of carbonyl (C=O) groups is 1. The number of alkyl halides is 3. The van der Waals surface area contributed by atoms with Crippen molar-refractivity contribution in [2.75, 3.05) is 19.0 Å². The molecule has 0 saturated carbocycles. The Balaban J connectivity index is 2.19. The third-order valence-electron chi connectivity index (χ3n) is 4.00. The lowest BCUT2D eigenvalue weighted by Crippen LogP contribution is -2.27. The normalized spacial score (nSPS) is 12.4. The van der Waals surface area contributed by atoms with E-state index in [1.54, 1.807) is 25.9 Å². The number of benzene rings is 2. The van der Waals surface area contributed by atoms with E-state index >= 15 is 0 Å². The number of nitrogens with one attached hydrogen (secondary N) is 1. The molecule has 9 heteroatoms. The Hall–Kier alpha value is -3.10. The molecule has 0 aliphatic heterocycles. The molecule has 1 unspecified atom stereocenters. The van der Waals surface area contributed by atoms with E-state index in [0.29, 0.717) is 11.3 Å². The topological polar surface area (TPSA) is 75.5 Å². The van der Waals surface area contributed by atoms with Gasteiger partial charge in [0.1, 0.15) is 5.69 Å². The Morgan fingerprint density at radius 2 is 1.74 bits per heavy atom. The molecule has 1 amide bonds. The number of halogens is 3. The van der Waals surface area contributed by atoms with Crippen LogP contribution in [0.5, 0.6) is 0 Å². The first-order valence-electron chi connectivity index (χ1n) is 7.94. The zero-order valence-corrected chi connectivity index (χ0v) is 14.9. The van der Waals surface area contributed by atoms with Gasteiger partial charge in [0.15, 0.2) is 0 Å². The number of hydrogen-bond acceptors (Lipinski definition) is 4.